The van der Waals surface area contributed by atoms with Crippen LogP contribution >= 0.6 is 7.82 Å². The summed E-state index contributed by atoms with van der Waals surface area (Å²) in [6.07, 6.45) is 66.7. The standard InChI is InChI=1S/C64H121N2O7P/c1-7-10-13-16-19-22-25-28-30-32-33-35-37-39-42-45-48-51-54-57-64(68)73-62(55-52-49-46-43-40-27-24-21-18-15-12-9-3)61(60-72-74(69,70)71-59-58-66(4,5)6)65-63(67)56-53-50-47-44-41-38-36-34-31-29-26-23-20-17-14-11-8-2/h20,23,28-31,52,55,61-62H,7-19,21-22,24-27,32-51,53-54,56-60H2,1-6H3,(H-,65,67,69,70)/p+1/b23-20-,30-28+,31-29-,55-52+. The highest BCUT2D eigenvalue weighted by Gasteiger charge is 2.30. The fourth-order valence-corrected chi connectivity index (χ4v) is 9.82. The van der Waals surface area contributed by atoms with Crippen LogP contribution in [0.1, 0.15) is 297 Å². The lowest BCUT2D eigenvalue weighted by molar-refractivity contribution is -0.870. The number of unbranched alkanes of at least 4 members (excludes halogenated alkanes) is 35. The zero-order valence-electron chi connectivity index (χ0n) is 49.6. The molecule has 0 radical (unpaired) electrons. The second-order valence-corrected chi connectivity index (χ2v) is 24.0. The Morgan fingerprint density at radius 2 is 0.824 bits per heavy atom. The molecule has 0 aliphatic carbocycles. The Bertz CT molecular complexity index is 1410. The van der Waals surface area contributed by atoms with Crippen LogP contribution in [0.25, 0.3) is 0 Å². The smallest absolute Gasteiger partial charge is 0.456 e. The highest BCUT2D eigenvalue weighted by molar-refractivity contribution is 7.47. The Labute approximate surface area is 458 Å². The monoisotopic (exact) mass is 1060 g/mol. The van der Waals surface area contributed by atoms with Crippen molar-refractivity contribution in [2.45, 2.75) is 309 Å². The van der Waals surface area contributed by atoms with E-state index in [2.05, 4.69) is 62.5 Å². The number of phosphoric ester groups is 1. The van der Waals surface area contributed by atoms with E-state index in [1.165, 1.54) is 186 Å². The molecule has 0 aliphatic rings. The number of nitrogens with one attached hydrogen (secondary N) is 1. The third-order valence-corrected chi connectivity index (χ3v) is 15.0. The molecule has 0 aliphatic heterocycles. The van der Waals surface area contributed by atoms with Gasteiger partial charge in [-0.25, -0.2) is 4.57 Å². The lowest BCUT2D eigenvalue weighted by Gasteiger charge is -2.27. The molecule has 74 heavy (non-hydrogen) atoms. The van der Waals surface area contributed by atoms with Crippen molar-refractivity contribution in [3.05, 3.63) is 48.6 Å². The van der Waals surface area contributed by atoms with Crippen molar-refractivity contribution in [1.29, 1.82) is 0 Å². The Kier molecular flexibility index (Phi) is 52.8. The van der Waals surface area contributed by atoms with Crippen molar-refractivity contribution in [2.24, 2.45) is 0 Å². The fraction of sp³-hybridized carbons (Fsp3) is 0.844. The van der Waals surface area contributed by atoms with Crippen LogP contribution in [0.3, 0.4) is 0 Å². The van der Waals surface area contributed by atoms with Crippen LogP contribution in [0.4, 0.5) is 0 Å². The molecule has 0 spiro atoms. The largest absolute Gasteiger partial charge is 0.472 e. The molecule has 0 rings (SSSR count). The minimum absolute atomic E-state index is 0.0386. The van der Waals surface area contributed by atoms with Crippen molar-refractivity contribution < 1.29 is 37.3 Å². The van der Waals surface area contributed by atoms with E-state index >= 15 is 0 Å². The molecule has 0 saturated heterocycles. The van der Waals surface area contributed by atoms with E-state index in [0.717, 1.165) is 77.0 Å². The maximum atomic E-state index is 13.5. The molecule has 2 N–H and O–H groups in total. The fourth-order valence-electron chi connectivity index (χ4n) is 9.08. The number of hydrogen-bond donors (Lipinski definition) is 2. The first-order chi connectivity index (χ1) is 35.9. The van der Waals surface area contributed by atoms with E-state index in [4.69, 9.17) is 13.8 Å². The number of likely N-dealkylation sites (N-methyl/N-ethyl adjacent to an activating group) is 1. The molecule has 3 atom stereocenters. The predicted molar refractivity (Wildman–Crippen MR) is 319 cm³/mol. The SMILES string of the molecule is CCCCC/C=C\C/C=C\CCCCCCCCCC(=O)NC(COP(=O)(O)OCC[N+](C)(C)C)C(/C=C/CCCCCCCCCCCC)OC(=O)CCCCCCCCCCC/C=C/CCCCCCCC. The number of carbonyl (C=O) groups excluding carboxylic acids is 2. The number of phosphoric acid groups is 1. The Hall–Kier alpha value is -2.03. The zero-order valence-corrected chi connectivity index (χ0v) is 50.5. The van der Waals surface area contributed by atoms with Gasteiger partial charge in [-0.3, -0.25) is 18.6 Å². The van der Waals surface area contributed by atoms with Crippen LogP contribution < -0.4 is 5.32 Å². The molecule has 0 aromatic carbocycles. The minimum Gasteiger partial charge on any atom is -0.456 e. The van der Waals surface area contributed by atoms with Gasteiger partial charge >= 0.3 is 13.8 Å². The number of esters is 1. The summed E-state index contributed by atoms with van der Waals surface area (Å²) in [6, 6.07) is -0.852. The normalized spacial score (nSPS) is 14.0. The van der Waals surface area contributed by atoms with Gasteiger partial charge in [0.25, 0.3) is 0 Å². The Morgan fingerprint density at radius 1 is 0.473 bits per heavy atom. The van der Waals surface area contributed by atoms with Gasteiger partial charge in [0.2, 0.25) is 5.91 Å². The van der Waals surface area contributed by atoms with E-state index in [9.17, 15) is 19.0 Å². The number of allylic oxidation sites excluding steroid dienone is 7. The van der Waals surface area contributed by atoms with Gasteiger partial charge in [-0.15, -0.1) is 0 Å². The number of amides is 1. The van der Waals surface area contributed by atoms with Gasteiger partial charge in [0.05, 0.1) is 33.8 Å². The highest BCUT2D eigenvalue weighted by atomic mass is 31.2. The molecular formula is C64H122N2O7P+. The van der Waals surface area contributed by atoms with Gasteiger partial charge in [-0.1, -0.05) is 243 Å². The van der Waals surface area contributed by atoms with Gasteiger partial charge in [0, 0.05) is 12.8 Å². The van der Waals surface area contributed by atoms with Crippen LogP contribution in [0.5, 0.6) is 0 Å². The Balaban J connectivity index is 5.25. The topological polar surface area (TPSA) is 111 Å². The van der Waals surface area contributed by atoms with Gasteiger partial charge in [0.15, 0.2) is 0 Å². The second kappa shape index (κ2) is 54.3. The second-order valence-electron chi connectivity index (χ2n) is 22.6. The first kappa shape index (κ1) is 72.0. The van der Waals surface area contributed by atoms with Gasteiger partial charge in [0.1, 0.15) is 19.3 Å². The molecule has 9 nitrogen and oxygen atoms in total. The molecular weight excluding hydrogens is 940 g/mol. The van der Waals surface area contributed by atoms with Crippen molar-refractivity contribution in [3.63, 3.8) is 0 Å². The first-order valence-electron chi connectivity index (χ1n) is 31.5. The summed E-state index contributed by atoms with van der Waals surface area (Å²) in [4.78, 5) is 37.7. The summed E-state index contributed by atoms with van der Waals surface area (Å²) in [5, 5.41) is 3.06. The van der Waals surface area contributed by atoms with Crippen molar-refractivity contribution in [3.8, 4) is 0 Å². The maximum absolute atomic E-state index is 13.5. The number of ether oxygens (including phenoxy) is 1. The summed E-state index contributed by atoms with van der Waals surface area (Å²) >= 11 is 0. The first-order valence-corrected chi connectivity index (χ1v) is 33.0. The minimum atomic E-state index is -4.45. The van der Waals surface area contributed by atoms with Gasteiger partial charge in [-0.2, -0.15) is 0 Å². The molecule has 0 aromatic heterocycles. The van der Waals surface area contributed by atoms with Crippen LogP contribution in [0.2, 0.25) is 0 Å². The number of carbonyl (C=O) groups is 2. The molecule has 3 unspecified atom stereocenters. The molecule has 10 heteroatoms. The summed E-state index contributed by atoms with van der Waals surface area (Å²) in [5.74, 6) is -0.508. The molecule has 0 aromatic rings. The summed E-state index contributed by atoms with van der Waals surface area (Å²) in [7, 11) is 1.49. The quantitative estimate of drug-likeness (QED) is 0.0205. The van der Waals surface area contributed by atoms with Crippen LogP contribution in [0.15, 0.2) is 48.6 Å². The van der Waals surface area contributed by atoms with Gasteiger partial charge < -0.3 is 19.4 Å². The highest BCUT2D eigenvalue weighted by Crippen LogP contribution is 2.43. The summed E-state index contributed by atoms with van der Waals surface area (Å²) in [5.41, 5.74) is 0. The molecule has 434 valence electrons. The molecule has 1 amide bonds. The average Bonchev–Trinajstić information content (AvgIpc) is 3.36. The summed E-state index contributed by atoms with van der Waals surface area (Å²) in [6.45, 7) is 7.00. The summed E-state index contributed by atoms with van der Waals surface area (Å²) < 4.78 is 30.7. The maximum Gasteiger partial charge on any atom is 0.472 e. The molecule has 0 heterocycles. The molecule has 0 bridgehead atoms. The Morgan fingerprint density at radius 3 is 1.26 bits per heavy atom. The van der Waals surface area contributed by atoms with E-state index in [1.807, 2.05) is 33.3 Å². The van der Waals surface area contributed by atoms with Crippen LogP contribution in [-0.2, 0) is 27.9 Å². The molecule has 0 saturated carbocycles. The zero-order chi connectivity index (χ0) is 54.3. The lowest BCUT2D eigenvalue weighted by Crippen LogP contribution is -2.47. The number of nitrogens with zero attached hydrogens (tertiary/aromatic N) is 1. The number of hydrogen-bond acceptors (Lipinski definition) is 6. The van der Waals surface area contributed by atoms with Crippen LogP contribution in [-0.4, -0.2) is 74.3 Å². The van der Waals surface area contributed by atoms with Gasteiger partial charge in [-0.05, 0) is 89.5 Å². The number of quaternary nitrogens is 1. The third kappa shape index (κ3) is 54.7. The van der Waals surface area contributed by atoms with Crippen LogP contribution in [0, 0.1) is 0 Å². The van der Waals surface area contributed by atoms with Crippen molar-refractivity contribution in [1.82, 2.24) is 5.32 Å². The third-order valence-electron chi connectivity index (χ3n) is 14.0. The van der Waals surface area contributed by atoms with E-state index in [-0.39, 0.29) is 31.5 Å². The number of rotatable bonds is 57. The predicted octanol–water partition coefficient (Wildman–Crippen LogP) is 19.3. The van der Waals surface area contributed by atoms with E-state index in [0.29, 0.717) is 17.4 Å². The van der Waals surface area contributed by atoms with E-state index < -0.39 is 20.0 Å². The van der Waals surface area contributed by atoms with Crippen molar-refractivity contribution >= 4 is 19.7 Å². The van der Waals surface area contributed by atoms with Crippen molar-refractivity contribution in [2.75, 3.05) is 40.9 Å². The lowest BCUT2D eigenvalue weighted by atomic mass is 10.0. The average molecular weight is 1060 g/mol. The molecule has 0 fully saturated rings. The van der Waals surface area contributed by atoms with E-state index in [1.54, 1.807) is 0 Å².